The number of benzene rings is 1. The van der Waals surface area contributed by atoms with Crippen molar-refractivity contribution in [3.63, 3.8) is 0 Å². The number of alkyl halides is 3. The fourth-order valence-corrected chi connectivity index (χ4v) is 2.48. The smallest absolute Gasteiger partial charge is 0.404 e. The fraction of sp³-hybridized carbons (Fsp3) is 0.167. The Hall–Kier alpha value is -1.40. The number of ether oxygens (including phenoxy) is 1. The van der Waals surface area contributed by atoms with Crippen molar-refractivity contribution in [1.29, 1.82) is 0 Å². The SMILES string of the molecule is FC(F)(F)Oc1ccccc1NCc1ccc(Cl)s1. The van der Waals surface area contributed by atoms with Crippen LogP contribution >= 0.6 is 22.9 Å². The fourth-order valence-electron chi connectivity index (χ4n) is 1.46. The molecule has 0 saturated heterocycles. The van der Waals surface area contributed by atoms with Gasteiger partial charge in [0.15, 0.2) is 5.75 Å². The van der Waals surface area contributed by atoms with Gasteiger partial charge >= 0.3 is 6.36 Å². The molecule has 1 heterocycles. The van der Waals surface area contributed by atoms with Crippen molar-refractivity contribution >= 4 is 28.6 Å². The summed E-state index contributed by atoms with van der Waals surface area (Å²) in [7, 11) is 0. The number of para-hydroxylation sites is 2. The van der Waals surface area contributed by atoms with Gasteiger partial charge in [0.25, 0.3) is 0 Å². The van der Waals surface area contributed by atoms with E-state index in [4.69, 9.17) is 11.6 Å². The van der Waals surface area contributed by atoms with Gasteiger partial charge < -0.3 is 10.1 Å². The van der Waals surface area contributed by atoms with Gasteiger partial charge in [0.2, 0.25) is 0 Å². The first kappa shape index (κ1) is 14.0. The van der Waals surface area contributed by atoms with Crippen LogP contribution in [-0.4, -0.2) is 6.36 Å². The normalized spacial score (nSPS) is 11.4. The average molecular weight is 308 g/mol. The second-order valence-corrected chi connectivity index (χ2v) is 5.40. The highest BCUT2D eigenvalue weighted by Gasteiger charge is 2.32. The van der Waals surface area contributed by atoms with Crippen molar-refractivity contribution in [1.82, 2.24) is 0 Å². The molecule has 0 atom stereocenters. The quantitative estimate of drug-likeness (QED) is 0.866. The molecule has 19 heavy (non-hydrogen) atoms. The van der Waals surface area contributed by atoms with Crippen LogP contribution in [0.15, 0.2) is 36.4 Å². The molecule has 0 spiro atoms. The number of thiophene rings is 1. The number of rotatable bonds is 4. The highest BCUT2D eigenvalue weighted by atomic mass is 35.5. The van der Waals surface area contributed by atoms with E-state index in [1.165, 1.54) is 29.5 Å². The van der Waals surface area contributed by atoms with Crippen LogP contribution in [0.3, 0.4) is 0 Å². The predicted octanol–water partition coefficient (Wildman–Crippen LogP) is 4.91. The number of nitrogens with one attached hydrogen (secondary N) is 1. The van der Waals surface area contributed by atoms with Crippen molar-refractivity contribution in [2.75, 3.05) is 5.32 Å². The van der Waals surface area contributed by atoms with Gasteiger partial charge in [0.05, 0.1) is 10.0 Å². The minimum atomic E-state index is -4.70. The molecular weight excluding hydrogens is 299 g/mol. The van der Waals surface area contributed by atoms with E-state index in [-0.39, 0.29) is 11.4 Å². The molecule has 1 aromatic carbocycles. The minimum Gasteiger partial charge on any atom is -0.404 e. The first-order valence-electron chi connectivity index (χ1n) is 5.27. The lowest BCUT2D eigenvalue weighted by Crippen LogP contribution is -2.18. The lowest BCUT2D eigenvalue weighted by molar-refractivity contribution is -0.274. The minimum absolute atomic E-state index is 0.252. The van der Waals surface area contributed by atoms with E-state index in [0.29, 0.717) is 10.9 Å². The second kappa shape index (κ2) is 5.71. The van der Waals surface area contributed by atoms with Crippen LogP contribution in [0.2, 0.25) is 4.34 Å². The Bertz CT molecular complexity index is 556. The van der Waals surface area contributed by atoms with Crippen LogP contribution in [0.1, 0.15) is 4.88 Å². The van der Waals surface area contributed by atoms with Gasteiger partial charge in [-0.1, -0.05) is 23.7 Å². The number of halogens is 4. The Morgan fingerprint density at radius 1 is 1.16 bits per heavy atom. The summed E-state index contributed by atoms with van der Waals surface area (Å²) in [6.07, 6.45) is -4.70. The van der Waals surface area contributed by atoms with Crippen LogP contribution < -0.4 is 10.1 Å². The van der Waals surface area contributed by atoms with Crippen molar-refractivity contribution in [3.05, 3.63) is 45.6 Å². The third kappa shape index (κ3) is 4.33. The maximum atomic E-state index is 12.2. The first-order valence-corrected chi connectivity index (χ1v) is 6.46. The third-order valence-electron chi connectivity index (χ3n) is 2.19. The van der Waals surface area contributed by atoms with Crippen LogP contribution in [0, 0.1) is 0 Å². The summed E-state index contributed by atoms with van der Waals surface area (Å²) >= 11 is 7.14. The molecule has 2 rings (SSSR count). The monoisotopic (exact) mass is 307 g/mol. The zero-order valence-electron chi connectivity index (χ0n) is 9.50. The Balaban J connectivity index is 2.07. The number of hydrogen-bond acceptors (Lipinski definition) is 3. The molecule has 1 aromatic heterocycles. The van der Waals surface area contributed by atoms with E-state index in [1.807, 2.05) is 6.07 Å². The van der Waals surface area contributed by atoms with Gasteiger partial charge in [-0.3, -0.25) is 0 Å². The highest BCUT2D eigenvalue weighted by Crippen LogP contribution is 2.31. The summed E-state index contributed by atoms with van der Waals surface area (Å²) in [6, 6.07) is 9.45. The summed E-state index contributed by atoms with van der Waals surface area (Å²) in [5.74, 6) is -0.252. The summed E-state index contributed by atoms with van der Waals surface area (Å²) in [5.41, 5.74) is 0.282. The molecule has 0 aliphatic rings. The van der Waals surface area contributed by atoms with Crippen molar-refractivity contribution < 1.29 is 17.9 Å². The molecule has 2 nitrogen and oxygen atoms in total. The van der Waals surface area contributed by atoms with Gasteiger partial charge in [-0.05, 0) is 24.3 Å². The standard InChI is InChI=1S/C12H9ClF3NOS/c13-11-6-5-8(19-11)7-17-9-3-1-2-4-10(9)18-12(14,15)16/h1-6,17H,7H2. The number of anilines is 1. The molecule has 0 amide bonds. The third-order valence-corrected chi connectivity index (χ3v) is 3.43. The molecule has 0 bridgehead atoms. The Morgan fingerprint density at radius 3 is 2.53 bits per heavy atom. The zero-order valence-corrected chi connectivity index (χ0v) is 11.1. The lowest BCUT2D eigenvalue weighted by atomic mass is 10.3. The van der Waals surface area contributed by atoms with E-state index in [1.54, 1.807) is 12.1 Å². The van der Waals surface area contributed by atoms with Crippen molar-refractivity contribution in [2.45, 2.75) is 12.9 Å². The molecule has 0 aliphatic carbocycles. The molecule has 0 aliphatic heterocycles. The van der Waals surface area contributed by atoms with Crippen LogP contribution in [0.25, 0.3) is 0 Å². The topological polar surface area (TPSA) is 21.3 Å². The van der Waals surface area contributed by atoms with Crippen molar-refractivity contribution in [2.24, 2.45) is 0 Å². The van der Waals surface area contributed by atoms with E-state index in [0.717, 1.165) is 4.88 Å². The molecule has 7 heteroatoms. The zero-order chi connectivity index (χ0) is 13.9. The molecular formula is C12H9ClF3NOS. The maximum Gasteiger partial charge on any atom is 0.573 e. The number of hydrogen-bond donors (Lipinski definition) is 1. The Labute approximate surface area is 116 Å². The van der Waals surface area contributed by atoms with E-state index < -0.39 is 6.36 Å². The van der Waals surface area contributed by atoms with Gasteiger partial charge in [-0.25, -0.2) is 0 Å². The average Bonchev–Trinajstić information content (AvgIpc) is 2.72. The molecule has 0 unspecified atom stereocenters. The largest absolute Gasteiger partial charge is 0.573 e. The van der Waals surface area contributed by atoms with Crippen LogP contribution in [-0.2, 0) is 6.54 Å². The summed E-state index contributed by atoms with van der Waals surface area (Å²) in [5, 5.41) is 2.89. The Morgan fingerprint density at radius 2 is 1.89 bits per heavy atom. The van der Waals surface area contributed by atoms with Gasteiger partial charge in [0.1, 0.15) is 0 Å². The molecule has 0 fully saturated rings. The first-order chi connectivity index (χ1) is 8.94. The van der Waals surface area contributed by atoms with Crippen LogP contribution in [0.4, 0.5) is 18.9 Å². The molecule has 102 valence electrons. The maximum absolute atomic E-state index is 12.2. The molecule has 1 N–H and O–H groups in total. The molecule has 2 aromatic rings. The predicted molar refractivity (Wildman–Crippen MR) is 69.8 cm³/mol. The van der Waals surface area contributed by atoms with E-state index in [9.17, 15) is 13.2 Å². The summed E-state index contributed by atoms with van der Waals surface area (Å²) in [4.78, 5) is 0.923. The van der Waals surface area contributed by atoms with E-state index >= 15 is 0 Å². The summed E-state index contributed by atoms with van der Waals surface area (Å²) < 4.78 is 41.2. The lowest BCUT2D eigenvalue weighted by Gasteiger charge is -2.14. The van der Waals surface area contributed by atoms with Gasteiger partial charge in [0, 0.05) is 11.4 Å². The van der Waals surface area contributed by atoms with Gasteiger partial charge in [-0.2, -0.15) is 0 Å². The van der Waals surface area contributed by atoms with Crippen molar-refractivity contribution in [3.8, 4) is 5.75 Å². The second-order valence-electron chi connectivity index (χ2n) is 3.60. The van der Waals surface area contributed by atoms with Crippen LogP contribution in [0.5, 0.6) is 5.75 Å². The summed E-state index contributed by atoms with van der Waals surface area (Å²) in [6.45, 7) is 0.385. The highest BCUT2D eigenvalue weighted by molar-refractivity contribution is 7.16. The molecule has 0 radical (unpaired) electrons. The van der Waals surface area contributed by atoms with E-state index in [2.05, 4.69) is 10.1 Å². The molecule has 0 saturated carbocycles. The Kier molecular flexibility index (Phi) is 4.21. The van der Waals surface area contributed by atoms with Gasteiger partial charge in [-0.15, -0.1) is 24.5 Å².